The predicted octanol–water partition coefficient (Wildman–Crippen LogP) is 2.30. The molecule has 1 aromatic carbocycles. The molecule has 0 radical (unpaired) electrons. The average Bonchev–Trinajstić information content (AvgIpc) is 3.20. The molecule has 1 aliphatic rings. The summed E-state index contributed by atoms with van der Waals surface area (Å²) >= 11 is 0. The van der Waals surface area contributed by atoms with E-state index in [0.29, 0.717) is 37.7 Å². The van der Waals surface area contributed by atoms with Crippen molar-refractivity contribution in [2.24, 2.45) is 0 Å². The maximum absolute atomic E-state index is 13.7. The standard InChI is InChI=1S/C19H18FN5O4/c1-28-14-11-12(3-4-13(14)20)16-15(18(26)27)17(23-29-16)24-7-9-25(10-8-24)19-21-5-2-6-22-19/h2-6,11H,7-10H2,1H3,(H,26,27). The molecule has 0 amide bonds. The van der Waals surface area contributed by atoms with Gasteiger partial charge in [0.1, 0.15) is 0 Å². The third-order valence-corrected chi connectivity index (χ3v) is 4.72. The van der Waals surface area contributed by atoms with Gasteiger partial charge in [-0.05, 0) is 24.3 Å². The molecule has 4 rings (SSSR count). The molecule has 29 heavy (non-hydrogen) atoms. The van der Waals surface area contributed by atoms with Gasteiger partial charge in [0.15, 0.2) is 28.7 Å². The van der Waals surface area contributed by atoms with Crippen LogP contribution in [-0.4, -0.2) is 59.5 Å². The summed E-state index contributed by atoms with van der Waals surface area (Å²) in [5, 5.41) is 13.8. The fourth-order valence-electron chi connectivity index (χ4n) is 3.26. The first-order valence-corrected chi connectivity index (χ1v) is 8.92. The van der Waals surface area contributed by atoms with Crippen LogP contribution in [0.4, 0.5) is 16.2 Å². The Morgan fingerprint density at radius 1 is 1.17 bits per heavy atom. The minimum atomic E-state index is -1.17. The van der Waals surface area contributed by atoms with Gasteiger partial charge in [0.2, 0.25) is 5.95 Å². The van der Waals surface area contributed by atoms with E-state index in [2.05, 4.69) is 15.1 Å². The van der Waals surface area contributed by atoms with Crippen LogP contribution >= 0.6 is 0 Å². The molecule has 0 unspecified atom stereocenters. The van der Waals surface area contributed by atoms with Gasteiger partial charge >= 0.3 is 5.97 Å². The fraction of sp³-hybridized carbons (Fsp3) is 0.263. The third kappa shape index (κ3) is 3.56. The van der Waals surface area contributed by atoms with Crippen molar-refractivity contribution in [2.45, 2.75) is 0 Å². The van der Waals surface area contributed by atoms with Crippen LogP contribution in [0.2, 0.25) is 0 Å². The average molecular weight is 399 g/mol. The number of anilines is 2. The molecule has 0 aliphatic carbocycles. The topological polar surface area (TPSA) is 105 Å². The molecule has 3 aromatic rings. The highest BCUT2D eigenvalue weighted by Gasteiger charge is 2.30. The molecule has 1 aliphatic heterocycles. The molecule has 1 N–H and O–H groups in total. The number of rotatable bonds is 5. The van der Waals surface area contributed by atoms with Crippen LogP contribution in [0.3, 0.4) is 0 Å². The van der Waals surface area contributed by atoms with E-state index in [1.165, 1.54) is 25.3 Å². The van der Waals surface area contributed by atoms with Gasteiger partial charge in [-0.3, -0.25) is 0 Å². The van der Waals surface area contributed by atoms with Crippen LogP contribution in [0.5, 0.6) is 5.75 Å². The Hall–Kier alpha value is -3.69. The van der Waals surface area contributed by atoms with E-state index < -0.39 is 11.8 Å². The molecule has 2 aromatic heterocycles. The first-order chi connectivity index (χ1) is 14.1. The van der Waals surface area contributed by atoms with Crippen molar-refractivity contribution in [1.82, 2.24) is 15.1 Å². The summed E-state index contributed by atoms with van der Waals surface area (Å²) in [6, 6.07) is 5.76. The largest absolute Gasteiger partial charge is 0.494 e. The van der Waals surface area contributed by atoms with Crippen LogP contribution in [-0.2, 0) is 0 Å². The number of carboxylic acids is 1. The molecule has 150 valence electrons. The van der Waals surface area contributed by atoms with E-state index in [1.54, 1.807) is 18.5 Å². The number of carboxylic acid groups (broad SMARTS) is 1. The Balaban J connectivity index is 1.60. The van der Waals surface area contributed by atoms with Gasteiger partial charge in [0.25, 0.3) is 0 Å². The number of aromatic carboxylic acids is 1. The normalized spacial score (nSPS) is 14.1. The summed E-state index contributed by atoms with van der Waals surface area (Å²) < 4.78 is 24.0. The number of halogens is 1. The zero-order chi connectivity index (χ0) is 20.4. The number of ether oxygens (including phenoxy) is 1. The first kappa shape index (κ1) is 18.7. The molecule has 0 spiro atoms. The molecule has 9 nitrogen and oxygen atoms in total. The lowest BCUT2D eigenvalue weighted by molar-refractivity contribution is 0.0697. The van der Waals surface area contributed by atoms with Crippen molar-refractivity contribution in [3.8, 4) is 17.1 Å². The van der Waals surface area contributed by atoms with E-state index in [9.17, 15) is 14.3 Å². The summed E-state index contributed by atoms with van der Waals surface area (Å²) in [6.45, 7) is 2.26. The Labute approximate surface area is 165 Å². The van der Waals surface area contributed by atoms with Crippen LogP contribution in [0.25, 0.3) is 11.3 Å². The molecule has 10 heteroatoms. The highest BCUT2D eigenvalue weighted by Crippen LogP contribution is 2.34. The number of nitrogens with zero attached hydrogens (tertiary/aromatic N) is 5. The molecule has 0 bridgehead atoms. The number of benzene rings is 1. The number of aromatic nitrogens is 3. The smallest absolute Gasteiger partial charge is 0.343 e. The summed E-state index contributed by atoms with van der Waals surface area (Å²) in [6.07, 6.45) is 3.36. The van der Waals surface area contributed by atoms with Crippen molar-refractivity contribution >= 4 is 17.7 Å². The molecule has 1 fully saturated rings. The predicted molar refractivity (Wildman–Crippen MR) is 102 cm³/mol. The maximum atomic E-state index is 13.7. The summed E-state index contributed by atoms with van der Waals surface area (Å²) in [4.78, 5) is 24.3. The molecular weight excluding hydrogens is 381 g/mol. The highest BCUT2D eigenvalue weighted by molar-refractivity contribution is 5.99. The third-order valence-electron chi connectivity index (χ3n) is 4.72. The summed E-state index contributed by atoms with van der Waals surface area (Å²) in [7, 11) is 1.34. The molecule has 0 atom stereocenters. The minimum Gasteiger partial charge on any atom is -0.494 e. The molecule has 1 saturated heterocycles. The van der Waals surface area contributed by atoms with Crippen molar-refractivity contribution in [3.63, 3.8) is 0 Å². The van der Waals surface area contributed by atoms with E-state index in [-0.39, 0.29) is 22.9 Å². The highest BCUT2D eigenvalue weighted by atomic mass is 19.1. The lowest BCUT2D eigenvalue weighted by Crippen LogP contribution is -2.47. The van der Waals surface area contributed by atoms with Crippen LogP contribution in [0, 0.1) is 5.82 Å². The molecule has 3 heterocycles. The minimum absolute atomic E-state index is 0.00624. The Bertz CT molecular complexity index is 1020. The molecule has 0 saturated carbocycles. The lowest BCUT2D eigenvalue weighted by Gasteiger charge is -2.34. The van der Waals surface area contributed by atoms with Gasteiger partial charge in [0, 0.05) is 44.1 Å². The zero-order valence-electron chi connectivity index (χ0n) is 15.6. The maximum Gasteiger partial charge on any atom is 0.343 e. The lowest BCUT2D eigenvalue weighted by atomic mass is 10.1. The van der Waals surface area contributed by atoms with E-state index in [4.69, 9.17) is 9.26 Å². The number of carbonyl (C=O) groups is 1. The Morgan fingerprint density at radius 3 is 2.52 bits per heavy atom. The Morgan fingerprint density at radius 2 is 1.86 bits per heavy atom. The second-order valence-corrected chi connectivity index (χ2v) is 6.39. The van der Waals surface area contributed by atoms with Crippen molar-refractivity contribution in [1.29, 1.82) is 0 Å². The second kappa shape index (κ2) is 7.74. The van der Waals surface area contributed by atoms with Crippen molar-refractivity contribution in [3.05, 3.63) is 48.0 Å². The SMILES string of the molecule is COc1cc(-c2onc(N3CCN(c4ncccn4)CC3)c2C(=O)O)ccc1F. The second-order valence-electron chi connectivity index (χ2n) is 6.39. The summed E-state index contributed by atoms with van der Waals surface area (Å²) in [5.41, 5.74) is 0.304. The fourth-order valence-corrected chi connectivity index (χ4v) is 3.26. The van der Waals surface area contributed by atoms with Gasteiger partial charge in [-0.2, -0.15) is 0 Å². The monoisotopic (exact) mass is 399 g/mol. The van der Waals surface area contributed by atoms with Crippen molar-refractivity contribution < 1.29 is 23.6 Å². The number of hydrogen-bond acceptors (Lipinski definition) is 8. The van der Waals surface area contributed by atoms with Gasteiger partial charge in [-0.1, -0.05) is 5.16 Å². The zero-order valence-corrected chi connectivity index (χ0v) is 15.6. The van der Waals surface area contributed by atoms with Crippen molar-refractivity contribution in [2.75, 3.05) is 43.1 Å². The molecular formula is C19H18FN5O4. The van der Waals surface area contributed by atoms with Gasteiger partial charge in [-0.25, -0.2) is 19.2 Å². The van der Waals surface area contributed by atoms with Gasteiger partial charge in [0.05, 0.1) is 7.11 Å². The van der Waals surface area contributed by atoms with Crippen LogP contribution in [0.15, 0.2) is 41.2 Å². The quantitative estimate of drug-likeness (QED) is 0.692. The van der Waals surface area contributed by atoms with Gasteiger partial charge in [-0.15, -0.1) is 0 Å². The van der Waals surface area contributed by atoms with E-state index in [0.717, 1.165) is 0 Å². The summed E-state index contributed by atoms with van der Waals surface area (Å²) in [5.74, 6) is -0.803. The van der Waals surface area contributed by atoms with Crippen LogP contribution in [0.1, 0.15) is 10.4 Å². The van der Waals surface area contributed by atoms with Gasteiger partial charge < -0.3 is 24.2 Å². The number of hydrogen-bond donors (Lipinski definition) is 1. The Kier molecular flexibility index (Phi) is 4.98. The number of methoxy groups -OCH3 is 1. The first-order valence-electron chi connectivity index (χ1n) is 8.92. The van der Waals surface area contributed by atoms with Crippen LogP contribution < -0.4 is 14.5 Å². The van der Waals surface area contributed by atoms with E-state index in [1.807, 2.05) is 9.80 Å². The number of piperazine rings is 1. The van der Waals surface area contributed by atoms with E-state index >= 15 is 0 Å².